The number of methoxy groups -OCH3 is 1. The lowest BCUT2D eigenvalue weighted by atomic mass is 10.2. The van der Waals surface area contributed by atoms with Crippen LogP contribution >= 0.6 is 18.7 Å². The minimum atomic E-state index is -2.54. The van der Waals surface area contributed by atoms with Crippen molar-refractivity contribution in [1.29, 1.82) is 0 Å². The van der Waals surface area contributed by atoms with Gasteiger partial charge in [0.15, 0.2) is 5.82 Å². The molecule has 0 bridgehead atoms. The Labute approximate surface area is 216 Å². The summed E-state index contributed by atoms with van der Waals surface area (Å²) in [5.41, 5.74) is 1.77. The maximum atomic E-state index is 12.7. The molecule has 36 heavy (non-hydrogen) atoms. The first-order valence-corrected chi connectivity index (χ1v) is 14.1. The number of hydrogen-bond acceptors (Lipinski definition) is 8. The van der Waals surface area contributed by atoms with Crippen molar-refractivity contribution in [1.82, 2.24) is 14.9 Å². The van der Waals surface area contributed by atoms with E-state index in [1.54, 1.807) is 44.7 Å². The number of aromatic nitrogens is 2. The van der Waals surface area contributed by atoms with Crippen LogP contribution < -0.4 is 26.0 Å². The highest BCUT2D eigenvalue weighted by Crippen LogP contribution is 2.39. The van der Waals surface area contributed by atoms with Gasteiger partial charge in [-0.1, -0.05) is 29.8 Å². The third-order valence-electron chi connectivity index (χ3n) is 4.93. The van der Waals surface area contributed by atoms with Crippen molar-refractivity contribution < 1.29 is 14.1 Å². The number of hydrogen-bond donors (Lipinski definition) is 3. The van der Waals surface area contributed by atoms with E-state index in [2.05, 4.69) is 25.9 Å². The van der Waals surface area contributed by atoms with Gasteiger partial charge in [0, 0.05) is 23.6 Å². The first kappa shape index (κ1) is 27.2. The van der Waals surface area contributed by atoms with E-state index in [9.17, 15) is 9.36 Å². The highest BCUT2D eigenvalue weighted by molar-refractivity contribution is 7.70. The number of nitrogens with one attached hydrogen (secondary N) is 3. The summed E-state index contributed by atoms with van der Waals surface area (Å²) >= 11 is 6.35. The number of likely N-dealkylation sites (N-methyl/N-ethyl adjacent to an activating group) is 1. The van der Waals surface area contributed by atoms with Crippen LogP contribution in [0.1, 0.15) is 0 Å². The van der Waals surface area contributed by atoms with Gasteiger partial charge in [0.05, 0.1) is 24.7 Å². The van der Waals surface area contributed by atoms with Crippen LogP contribution in [-0.4, -0.2) is 61.9 Å². The number of halogens is 1. The van der Waals surface area contributed by atoms with Crippen LogP contribution in [0.3, 0.4) is 0 Å². The molecule has 0 aliphatic carbocycles. The molecule has 11 heteroatoms. The van der Waals surface area contributed by atoms with E-state index in [1.165, 1.54) is 12.3 Å². The van der Waals surface area contributed by atoms with Crippen LogP contribution in [0.15, 0.2) is 60.8 Å². The highest BCUT2D eigenvalue weighted by Gasteiger charge is 2.17. The number of benzene rings is 2. The van der Waals surface area contributed by atoms with Gasteiger partial charge in [0.25, 0.3) is 0 Å². The Balaban J connectivity index is 1.84. The predicted molar refractivity (Wildman–Crippen MR) is 148 cm³/mol. The van der Waals surface area contributed by atoms with Gasteiger partial charge in [-0.15, -0.1) is 0 Å². The molecule has 9 nitrogen and oxygen atoms in total. The summed E-state index contributed by atoms with van der Waals surface area (Å²) in [6, 6.07) is 12.5. The van der Waals surface area contributed by atoms with E-state index >= 15 is 0 Å². The topological polar surface area (TPSA) is 108 Å². The molecule has 0 fully saturated rings. The Morgan fingerprint density at radius 2 is 1.89 bits per heavy atom. The van der Waals surface area contributed by atoms with E-state index in [0.29, 0.717) is 45.5 Å². The van der Waals surface area contributed by atoms with Crippen molar-refractivity contribution in [3.05, 3.63) is 65.8 Å². The molecular formula is C25H30ClN6O3P. The molecule has 1 amide bonds. The smallest absolute Gasteiger partial charge is 0.248 e. The maximum absolute atomic E-state index is 12.7. The van der Waals surface area contributed by atoms with Crippen molar-refractivity contribution in [2.24, 2.45) is 0 Å². The second kappa shape index (κ2) is 12.0. The van der Waals surface area contributed by atoms with Crippen LogP contribution in [0, 0.1) is 0 Å². The largest absolute Gasteiger partial charge is 0.495 e. The lowest BCUT2D eigenvalue weighted by Crippen LogP contribution is -2.13. The zero-order valence-electron chi connectivity index (χ0n) is 20.9. The summed E-state index contributed by atoms with van der Waals surface area (Å²) in [6.45, 7) is 4.07. The predicted octanol–water partition coefficient (Wildman–Crippen LogP) is 4.93. The molecule has 1 heterocycles. The molecule has 2 aromatic carbocycles. The second-order valence-electron chi connectivity index (χ2n) is 8.58. The number of nitrogens with zero attached hydrogens (tertiary/aromatic N) is 3. The van der Waals surface area contributed by atoms with Crippen molar-refractivity contribution in [3.63, 3.8) is 0 Å². The SMILES string of the molecule is COc1ccc(NC(=O)C=CCN(C)C)cc1Nc1ncc(Cl)c(Nc2ccccc2P(C)(C)=O)n1. The Morgan fingerprint density at radius 3 is 2.58 bits per heavy atom. The average molecular weight is 529 g/mol. The van der Waals surface area contributed by atoms with Crippen LogP contribution in [0.5, 0.6) is 5.75 Å². The third kappa shape index (κ3) is 7.55. The van der Waals surface area contributed by atoms with Gasteiger partial charge in [-0.25, -0.2) is 4.98 Å². The van der Waals surface area contributed by atoms with Crippen molar-refractivity contribution in [2.75, 3.05) is 57.0 Å². The second-order valence-corrected chi connectivity index (χ2v) is 12.2. The van der Waals surface area contributed by atoms with E-state index < -0.39 is 7.14 Å². The molecule has 0 spiro atoms. The number of carbonyl (C=O) groups is 1. The molecule has 0 atom stereocenters. The van der Waals surface area contributed by atoms with E-state index in [4.69, 9.17) is 16.3 Å². The molecule has 0 aliphatic heterocycles. The minimum Gasteiger partial charge on any atom is -0.495 e. The fourth-order valence-electron chi connectivity index (χ4n) is 3.25. The molecule has 0 radical (unpaired) electrons. The Bertz CT molecular complexity index is 1310. The number of para-hydroxylation sites is 1. The summed E-state index contributed by atoms with van der Waals surface area (Å²) in [4.78, 5) is 22.9. The average Bonchev–Trinajstić information content (AvgIpc) is 2.81. The molecule has 3 N–H and O–H groups in total. The Hall–Kier alpha value is -3.39. The van der Waals surface area contributed by atoms with Gasteiger partial charge in [-0.3, -0.25) is 4.79 Å². The molecule has 0 saturated heterocycles. The van der Waals surface area contributed by atoms with E-state index in [-0.39, 0.29) is 11.9 Å². The van der Waals surface area contributed by atoms with Crippen LogP contribution in [0.2, 0.25) is 5.02 Å². The van der Waals surface area contributed by atoms with E-state index in [0.717, 1.165) is 0 Å². The van der Waals surface area contributed by atoms with Gasteiger partial charge >= 0.3 is 0 Å². The number of ether oxygens (including phenoxy) is 1. The quantitative estimate of drug-likeness (QED) is 0.251. The highest BCUT2D eigenvalue weighted by atomic mass is 35.5. The molecule has 0 unspecified atom stereocenters. The summed E-state index contributed by atoms with van der Waals surface area (Å²) < 4.78 is 18.2. The van der Waals surface area contributed by atoms with Crippen LogP contribution in [0.25, 0.3) is 0 Å². The molecule has 0 saturated carbocycles. The van der Waals surface area contributed by atoms with Crippen molar-refractivity contribution in [2.45, 2.75) is 0 Å². The summed E-state index contributed by atoms with van der Waals surface area (Å²) in [5.74, 6) is 0.894. The van der Waals surface area contributed by atoms with Gasteiger partial charge in [0.1, 0.15) is 17.9 Å². The minimum absolute atomic E-state index is 0.245. The van der Waals surface area contributed by atoms with Crippen molar-refractivity contribution in [3.8, 4) is 5.75 Å². The monoisotopic (exact) mass is 528 g/mol. The number of carbonyl (C=O) groups excluding carboxylic acids is 1. The standard InChI is InChI=1S/C25H30ClN6O3P/c1-32(2)14-8-11-23(33)28-17-12-13-21(35-3)20(15-17)30-25-27-16-18(26)24(31-25)29-19-9-6-7-10-22(19)36(4,5)34/h6-13,15-16H,14H2,1-5H3,(H,28,33)(H2,27,29,30,31). The zero-order valence-corrected chi connectivity index (χ0v) is 22.5. The summed E-state index contributed by atoms with van der Waals surface area (Å²) in [6.07, 6.45) is 4.73. The van der Waals surface area contributed by atoms with Crippen molar-refractivity contribution >= 4 is 58.8 Å². The van der Waals surface area contributed by atoms with E-state index in [1.807, 2.05) is 43.3 Å². The lowest BCUT2D eigenvalue weighted by Gasteiger charge is -2.16. The fourth-order valence-corrected chi connectivity index (χ4v) is 4.54. The molecular weight excluding hydrogens is 499 g/mol. The first-order chi connectivity index (χ1) is 17.1. The summed E-state index contributed by atoms with van der Waals surface area (Å²) in [5, 5.41) is 10.1. The van der Waals surface area contributed by atoms with Gasteiger partial charge < -0.3 is 30.2 Å². The third-order valence-corrected chi connectivity index (χ3v) is 6.76. The molecule has 0 aliphatic rings. The Kier molecular flexibility index (Phi) is 9.09. The van der Waals surface area contributed by atoms with Gasteiger partial charge in [0.2, 0.25) is 11.9 Å². The molecule has 190 valence electrons. The zero-order chi connectivity index (χ0) is 26.3. The van der Waals surface area contributed by atoms with Gasteiger partial charge in [-0.05, 0) is 57.8 Å². The van der Waals surface area contributed by atoms with Crippen LogP contribution in [-0.2, 0) is 9.36 Å². The molecule has 3 rings (SSSR count). The maximum Gasteiger partial charge on any atom is 0.248 e. The first-order valence-electron chi connectivity index (χ1n) is 11.1. The van der Waals surface area contributed by atoms with Crippen LogP contribution in [0.4, 0.5) is 28.8 Å². The molecule has 1 aromatic heterocycles. The fraction of sp³-hybridized carbons (Fsp3) is 0.240. The number of rotatable bonds is 10. The number of anilines is 5. The molecule has 3 aromatic rings. The summed E-state index contributed by atoms with van der Waals surface area (Å²) in [7, 11) is 2.86. The normalized spacial score (nSPS) is 11.5. The Morgan fingerprint density at radius 1 is 1.14 bits per heavy atom. The lowest BCUT2D eigenvalue weighted by molar-refractivity contribution is -0.111. The van der Waals surface area contributed by atoms with Gasteiger partial charge in [-0.2, -0.15) is 4.98 Å². The number of amides is 1.